The van der Waals surface area contributed by atoms with Crippen molar-refractivity contribution in [1.82, 2.24) is 14.8 Å². The lowest BCUT2D eigenvalue weighted by Gasteiger charge is -2.18. The van der Waals surface area contributed by atoms with Gasteiger partial charge in [-0.2, -0.15) is 0 Å². The second kappa shape index (κ2) is 8.71. The zero-order valence-electron chi connectivity index (χ0n) is 20.6. The SMILES string of the molecule is CCOc1ccc(-n2c(C)cc(C(=O)CN3C(=O)NC(C)(c4cc5ccccc5o4)C3=O)c2C)cc1. The van der Waals surface area contributed by atoms with Gasteiger partial charge in [-0.3, -0.25) is 14.5 Å². The fourth-order valence-corrected chi connectivity index (χ4v) is 4.77. The van der Waals surface area contributed by atoms with Gasteiger partial charge in [0.15, 0.2) is 11.3 Å². The van der Waals surface area contributed by atoms with E-state index in [9.17, 15) is 14.4 Å². The molecular weight excluding hydrogens is 458 g/mol. The highest BCUT2D eigenvalue weighted by molar-refractivity contribution is 6.11. The number of benzene rings is 2. The average molecular weight is 486 g/mol. The van der Waals surface area contributed by atoms with Crippen LogP contribution < -0.4 is 10.1 Å². The fourth-order valence-electron chi connectivity index (χ4n) is 4.77. The zero-order chi connectivity index (χ0) is 25.6. The first-order valence-electron chi connectivity index (χ1n) is 11.8. The number of ether oxygens (including phenoxy) is 1. The highest BCUT2D eigenvalue weighted by atomic mass is 16.5. The minimum absolute atomic E-state index is 0.322. The van der Waals surface area contributed by atoms with Crippen LogP contribution >= 0.6 is 0 Å². The van der Waals surface area contributed by atoms with E-state index in [2.05, 4.69) is 5.32 Å². The molecule has 1 atom stereocenters. The van der Waals surface area contributed by atoms with Crippen molar-refractivity contribution in [2.24, 2.45) is 0 Å². The highest BCUT2D eigenvalue weighted by Gasteiger charge is 2.51. The van der Waals surface area contributed by atoms with Gasteiger partial charge in [0.25, 0.3) is 5.91 Å². The summed E-state index contributed by atoms with van der Waals surface area (Å²) in [5.74, 6) is 0.245. The number of rotatable bonds is 7. The van der Waals surface area contributed by atoms with E-state index in [0.717, 1.165) is 33.1 Å². The van der Waals surface area contributed by atoms with Gasteiger partial charge >= 0.3 is 6.03 Å². The zero-order valence-corrected chi connectivity index (χ0v) is 20.6. The minimum atomic E-state index is -1.39. The van der Waals surface area contributed by atoms with E-state index >= 15 is 0 Å². The molecular formula is C28H27N3O5. The number of hydrogen-bond donors (Lipinski definition) is 1. The van der Waals surface area contributed by atoms with Crippen molar-refractivity contribution in [2.45, 2.75) is 33.2 Å². The van der Waals surface area contributed by atoms with Gasteiger partial charge in [0.1, 0.15) is 17.1 Å². The number of imide groups is 1. The summed E-state index contributed by atoms with van der Waals surface area (Å²) in [5, 5.41) is 3.54. The number of nitrogens with one attached hydrogen (secondary N) is 1. The van der Waals surface area contributed by atoms with Crippen molar-refractivity contribution < 1.29 is 23.5 Å². The van der Waals surface area contributed by atoms with Gasteiger partial charge in [-0.1, -0.05) is 18.2 Å². The molecule has 1 aliphatic heterocycles. The maximum atomic E-state index is 13.4. The summed E-state index contributed by atoms with van der Waals surface area (Å²) < 4.78 is 13.3. The highest BCUT2D eigenvalue weighted by Crippen LogP contribution is 2.33. The number of carbonyl (C=O) groups excluding carboxylic acids is 3. The average Bonchev–Trinajstić information content (AvgIpc) is 3.49. The van der Waals surface area contributed by atoms with E-state index in [1.54, 1.807) is 25.1 Å². The fraction of sp³-hybridized carbons (Fsp3) is 0.250. The molecule has 36 heavy (non-hydrogen) atoms. The number of aryl methyl sites for hydroxylation is 1. The predicted octanol–water partition coefficient (Wildman–Crippen LogP) is 4.89. The van der Waals surface area contributed by atoms with Gasteiger partial charge in [-0.15, -0.1) is 0 Å². The Morgan fingerprint density at radius 3 is 2.47 bits per heavy atom. The number of urea groups is 1. The molecule has 0 bridgehead atoms. The first-order valence-corrected chi connectivity index (χ1v) is 11.8. The van der Waals surface area contributed by atoms with Crippen LogP contribution in [0.4, 0.5) is 4.79 Å². The van der Waals surface area contributed by atoms with Gasteiger partial charge < -0.3 is 19.0 Å². The second-order valence-electron chi connectivity index (χ2n) is 9.07. The summed E-state index contributed by atoms with van der Waals surface area (Å²) in [6.45, 7) is 7.49. The van der Waals surface area contributed by atoms with Crippen LogP contribution in [0.5, 0.6) is 5.75 Å². The van der Waals surface area contributed by atoms with Crippen molar-refractivity contribution in [3.8, 4) is 11.4 Å². The lowest BCUT2D eigenvalue weighted by Crippen LogP contribution is -2.41. The Bertz CT molecular complexity index is 1460. The molecule has 3 heterocycles. The molecule has 4 aromatic rings. The number of Topliss-reactive ketones (excluding diaryl/α,β-unsaturated/α-hetero) is 1. The first-order chi connectivity index (χ1) is 17.2. The first kappa shape index (κ1) is 23.4. The molecule has 1 aliphatic rings. The molecule has 184 valence electrons. The Kier molecular flexibility index (Phi) is 5.67. The molecule has 3 amide bonds. The number of ketones is 1. The minimum Gasteiger partial charge on any atom is -0.494 e. The molecule has 8 nitrogen and oxygen atoms in total. The molecule has 1 fully saturated rings. The number of para-hydroxylation sites is 1. The summed E-state index contributed by atoms with van der Waals surface area (Å²) >= 11 is 0. The molecule has 0 radical (unpaired) electrons. The molecule has 2 aromatic carbocycles. The van der Waals surface area contributed by atoms with Crippen molar-refractivity contribution in [3.05, 3.63) is 83.4 Å². The second-order valence-corrected chi connectivity index (χ2v) is 9.07. The van der Waals surface area contributed by atoms with E-state index in [0.29, 0.717) is 23.5 Å². The Labute approximate surface area is 208 Å². The number of furan rings is 1. The smallest absolute Gasteiger partial charge is 0.325 e. The molecule has 1 unspecified atom stereocenters. The van der Waals surface area contributed by atoms with Crippen LogP contribution in [0, 0.1) is 13.8 Å². The number of amides is 3. The molecule has 1 saturated heterocycles. The van der Waals surface area contributed by atoms with Gasteiger partial charge in [0.05, 0.1) is 13.2 Å². The maximum absolute atomic E-state index is 13.4. The maximum Gasteiger partial charge on any atom is 0.325 e. The Balaban J connectivity index is 1.39. The standard InChI is InChI=1S/C28H27N3O5/c1-5-35-21-12-10-20(11-13-21)31-17(2)14-22(18(31)3)23(32)16-30-26(33)28(4,29-27(30)34)25-15-19-8-6-7-9-24(19)36-25/h6-15H,5,16H2,1-4H3,(H,29,34). The topological polar surface area (TPSA) is 93.8 Å². The third kappa shape index (κ3) is 3.75. The van der Waals surface area contributed by atoms with Crippen LogP contribution in [0.3, 0.4) is 0 Å². The van der Waals surface area contributed by atoms with Gasteiger partial charge in [-0.05, 0) is 70.2 Å². The molecule has 8 heteroatoms. The summed E-state index contributed by atoms with van der Waals surface area (Å²) in [5.41, 5.74) is 2.17. The van der Waals surface area contributed by atoms with Crippen molar-refractivity contribution >= 4 is 28.7 Å². The van der Waals surface area contributed by atoms with E-state index in [1.807, 2.05) is 67.8 Å². The molecule has 5 rings (SSSR count). The lowest BCUT2D eigenvalue weighted by molar-refractivity contribution is -0.131. The van der Waals surface area contributed by atoms with Crippen molar-refractivity contribution in [2.75, 3.05) is 13.2 Å². The van der Waals surface area contributed by atoms with E-state index in [4.69, 9.17) is 9.15 Å². The van der Waals surface area contributed by atoms with Gasteiger partial charge in [0.2, 0.25) is 0 Å². The third-order valence-electron chi connectivity index (χ3n) is 6.63. The summed E-state index contributed by atoms with van der Waals surface area (Å²) in [6, 6.07) is 17.9. The lowest BCUT2D eigenvalue weighted by atomic mass is 9.98. The number of fused-ring (bicyclic) bond motifs is 1. The van der Waals surface area contributed by atoms with Crippen LogP contribution in [0.15, 0.2) is 65.1 Å². The van der Waals surface area contributed by atoms with E-state index < -0.39 is 17.5 Å². The number of aromatic nitrogens is 1. The quantitative estimate of drug-likeness (QED) is 0.297. The molecule has 2 aromatic heterocycles. The normalized spacial score (nSPS) is 17.6. The van der Waals surface area contributed by atoms with E-state index in [-0.39, 0.29) is 12.3 Å². The molecule has 0 aliphatic carbocycles. The van der Waals surface area contributed by atoms with Gasteiger partial charge in [-0.25, -0.2) is 4.79 Å². The van der Waals surface area contributed by atoms with Crippen LogP contribution in [0.1, 0.15) is 41.4 Å². The Morgan fingerprint density at radius 2 is 1.78 bits per heavy atom. The number of carbonyl (C=O) groups is 3. The van der Waals surface area contributed by atoms with Crippen LogP contribution in [0.2, 0.25) is 0 Å². The Hall–Kier alpha value is -4.33. The van der Waals surface area contributed by atoms with Crippen LogP contribution in [-0.4, -0.2) is 40.3 Å². The van der Waals surface area contributed by atoms with Crippen LogP contribution in [0.25, 0.3) is 16.7 Å². The van der Waals surface area contributed by atoms with E-state index in [1.165, 1.54) is 0 Å². The molecule has 0 spiro atoms. The summed E-state index contributed by atoms with van der Waals surface area (Å²) in [6.07, 6.45) is 0. The predicted molar refractivity (Wildman–Crippen MR) is 135 cm³/mol. The summed E-state index contributed by atoms with van der Waals surface area (Å²) in [7, 11) is 0. The number of nitrogens with zero attached hydrogens (tertiary/aromatic N) is 2. The monoisotopic (exact) mass is 485 g/mol. The van der Waals surface area contributed by atoms with Crippen LogP contribution in [-0.2, 0) is 10.3 Å². The number of hydrogen-bond acceptors (Lipinski definition) is 5. The largest absolute Gasteiger partial charge is 0.494 e. The van der Waals surface area contributed by atoms with Crippen molar-refractivity contribution in [3.63, 3.8) is 0 Å². The van der Waals surface area contributed by atoms with Gasteiger partial charge in [0, 0.05) is 28.0 Å². The molecule has 1 N–H and O–H groups in total. The Morgan fingerprint density at radius 1 is 1.06 bits per heavy atom. The van der Waals surface area contributed by atoms with Crippen molar-refractivity contribution in [1.29, 1.82) is 0 Å². The summed E-state index contributed by atoms with van der Waals surface area (Å²) in [4.78, 5) is 40.4. The molecule has 0 saturated carbocycles. The third-order valence-corrected chi connectivity index (χ3v) is 6.63.